The van der Waals surface area contributed by atoms with Gasteiger partial charge in [-0.25, -0.2) is 5.01 Å². The Morgan fingerprint density at radius 3 is 2.84 bits per heavy atom. The maximum absolute atomic E-state index is 9.57. The third-order valence-electron chi connectivity index (χ3n) is 3.20. The van der Waals surface area contributed by atoms with Crippen LogP contribution in [-0.4, -0.2) is 49.6 Å². The average Bonchev–Trinajstić information content (AvgIpc) is 2.42. The lowest BCUT2D eigenvalue weighted by Gasteiger charge is -2.30. The van der Waals surface area contributed by atoms with E-state index < -0.39 is 0 Å². The molecule has 1 aliphatic rings. The molecule has 0 aromatic heterocycles. The van der Waals surface area contributed by atoms with Crippen LogP contribution in [0.5, 0.6) is 11.5 Å². The van der Waals surface area contributed by atoms with E-state index in [0.717, 1.165) is 38.3 Å². The molecular formula is C14H22N2O3. The maximum Gasteiger partial charge on any atom is 0.160 e. The molecular weight excluding hydrogens is 244 g/mol. The van der Waals surface area contributed by atoms with Crippen molar-refractivity contribution in [1.29, 1.82) is 0 Å². The molecule has 1 heterocycles. The van der Waals surface area contributed by atoms with Gasteiger partial charge in [0.1, 0.15) is 0 Å². The number of nitrogens with zero attached hydrogens (tertiary/aromatic N) is 1. The molecule has 0 amide bonds. The third-order valence-corrected chi connectivity index (χ3v) is 3.20. The molecule has 0 radical (unpaired) electrons. The second-order valence-corrected chi connectivity index (χ2v) is 4.84. The van der Waals surface area contributed by atoms with Crippen LogP contribution in [0.3, 0.4) is 0 Å². The van der Waals surface area contributed by atoms with Gasteiger partial charge < -0.3 is 14.6 Å². The average molecular weight is 266 g/mol. The topological polar surface area (TPSA) is 54.0 Å². The van der Waals surface area contributed by atoms with Crippen molar-refractivity contribution in [3.05, 3.63) is 23.8 Å². The van der Waals surface area contributed by atoms with Crippen LogP contribution in [0.4, 0.5) is 0 Å². The summed E-state index contributed by atoms with van der Waals surface area (Å²) in [7, 11) is 1.56. The molecule has 5 nitrogen and oxygen atoms in total. The minimum atomic E-state index is 0.181. The standard InChI is InChI=1S/C14H22N2O3/c1-11(15-16-5-7-19-8-6-16)9-12-3-4-13(17)14(10-12)18-2/h3-4,10-11,15,17H,5-9H2,1-2H3/t11-/m1/s1. The molecule has 1 atom stereocenters. The van der Waals surface area contributed by atoms with E-state index in [4.69, 9.17) is 9.47 Å². The fraction of sp³-hybridized carbons (Fsp3) is 0.571. The van der Waals surface area contributed by atoms with Crippen LogP contribution in [0, 0.1) is 0 Å². The quantitative estimate of drug-likeness (QED) is 0.838. The first-order valence-corrected chi connectivity index (χ1v) is 6.64. The summed E-state index contributed by atoms with van der Waals surface area (Å²) in [6, 6.07) is 5.81. The smallest absolute Gasteiger partial charge is 0.160 e. The Morgan fingerprint density at radius 2 is 2.16 bits per heavy atom. The van der Waals surface area contributed by atoms with Crippen molar-refractivity contribution in [3.8, 4) is 11.5 Å². The van der Waals surface area contributed by atoms with E-state index in [1.54, 1.807) is 13.2 Å². The summed E-state index contributed by atoms with van der Waals surface area (Å²) in [6.07, 6.45) is 0.883. The molecule has 0 bridgehead atoms. The maximum atomic E-state index is 9.57. The van der Waals surface area contributed by atoms with Gasteiger partial charge in [-0.05, 0) is 31.0 Å². The number of rotatable bonds is 5. The highest BCUT2D eigenvalue weighted by molar-refractivity contribution is 5.41. The minimum absolute atomic E-state index is 0.181. The molecule has 1 aromatic rings. The Morgan fingerprint density at radius 1 is 1.42 bits per heavy atom. The van der Waals surface area contributed by atoms with Gasteiger partial charge in [0.05, 0.1) is 20.3 Å². The predicted molar refractivity (Wildman–Crippen MR) is 73.4 cm³/mol. The number of hydrogen-bond donors (Lipinski definition) is 2. The van der Waals surface area contributed by atoms with Crippen molar-refractivity contribution in [1.82, 2.24) is 10.4 Å². The highest BCUT2D eigenvalue weighted by atomic mass is 16.5. The van der Waals surface area contributed by atoms with Crippen molar-refractivity contribution in [2.24, 2.45) is 0 Å². The number of aromatic hydroxyl groups is 1. The summed E-state index contributed by atoms with van der Waals surface area (Å²) in [5.41, 5.74) is 4.61. The number of benzene rings is 1. The van der Waals surface area contributed by atoms with E-state index >= 15 is 0 Å². The molecule has 1 aromatic carbocycles. The monoisotopic (exact) mass is 266 g/mol. The number of morpholine rings is 1. The van der Waals surface area contributed by atoms with Crippen LogP contribution in [0.2, 0.25) is 0 Å². The third kappa shape index (κ3) is 4.09. The van der Waals surface area contributed by atoms with Crippen molar-refractivity contribution >= 4 is 0 Å². The second-order valence-electron chi connectivity index (χ2n) is 4.84. The molecule has 1 saturated heterocycles. The molecule has 106 valence electrons. The minimum Gasteiger partial charge on any atom is -0.504 e. The van der Waals surface area contributed by atoms with Gasteiger partial charge in [-0.2, -0.15) is 0 Å². The summed E-state index contributed by atoms with van der Waals surface area (Å²) in [5, 5.41) is 11.8. The number of hydrazine groups is 1. The second kappa shape index (κ2) is 6.75. The highest BCUT2D eigenvalue weighted by Gasteiger charge is 2.13. The lowest BCUT2D eigenvalue weighted by Crippen LogP contribution is -2.49. The Bertz CT molecular complexity index is 406. The normalized spacial score (nSPS) is 18.2. The molecule has 0 aliphatic carbocycles. The van der Waals surface area contributed by atoms with E-state index in [1.807, 2.05) is 12.1 Å². The number of phenols is 1. The Labute approximate surface area is 114 Å². The molecule has 0 spiro atoms. The van der Waals surface area contributed by atoms with Crippen LogP contribution >= 0.6 is 0 Å². The summed E-state index contributed by atoms with van der Waals surface area (Å²) >= 11 is 0. The molecule has 0 saturated carbocycles. The van der Waals surface area contributed by atoms with Crippen molar-refractivity contribution < 1.29 is 14.6 Å². The van der Waals surface area contributed by atoms with Gasteiger partial charge in [0.2, 0.25) is 0 Å². The summed E-state index contributed by atoms with van der Waals surface area (Å²) in [5.74, 6) is 0.705. The zero-order valence-corrected chi connectivity index (χ0v) is 11.6. The fourth-order valence-electron chi connectivity index (χ4n) is 2.25. The summed E-state index contributed by atoms with van der Waals surface area (Å²) in [6.45, 7) is 5.56. The lowest BCUT2D eigenvalue weighted by atomic mass is 10.1. The van der Waals surface area contributed by atoms with Crippen LogP contribution in [0.25, 0.3) is 0 Å². The van der Waals surface area contributed by atoms with Crippen LogP contribution in [0.1, 0.15) is 12.5 Å². The van der Waals surface area contributed by atoms with Gasteiger partial charge in [-0.1, -0.05) is 6.07 Å². The van der Waals surface area contributed by atoms with E-state index in [9.17, 15) is 5.11 Å². The number of ether oxygens (including phenoxy) is 2. The van der Waals surface area contributed by atoms with Gasteiger partial charge in [0.15, 0.2) is 11.5 Å². The first-order chi connectivity index (χ1) is 9.19. The van der Waals surface area contributed by atoms with Crippen molar-refractivity contribution in [3.63, 3.8) is 0 Å². The van der Waals surface area contributed by atoms with Gasteiger partial charge >= 0.3 is 0 Å². The highest BCUT2D eigenvalue weighted by Crippen LogP contribution is 2.26. The van der Waals surface area contributed by atoms with Crippen molar-refractivity contribution in [2.75, 3.05) is 33.4 Å². The number of hydrogen-bond acceptors (Lipinski definition) is 5. The number of phenolic OH excluding ortho intramolecular Hbond substituents is 1. The van der Waals surface area contributed by atoms with Crippen LogP contribution in [-0.2, 0) is 11.2 Å². The van der Waals surface area contributed by atoms with Crippen LogP contribution < -0.4 is 10.2 Å². The summed E-state index contributed by atoms with van der Waals surface area (Å²) in [4.78, 5) is 0. The van der Waals surface area contributed by atoms with E-state index in [-0.39, 0.29) is 5.75 Å². The SMILES string of the molecule is COc1cc(C[C@@H](C)NN2CCOCC2)ccc1O. The number of nitrogens with one attached hydrogen (secondary N) is 1. The van der Waals surface area contributed by atoms with E-state index in [2.05, 4.69) is 17.4 Å². The number of methoxy groups -OCH3 is 1. The molecule has 1 fully saturated rings. The van der Waals surface area contributed by atoms with Gasteiger partial charge in [0, 0.05) is 19.1 Å². The van der Waals surface area contributed by atoms with Gasteiger partial charge in [-0.3, -0.25) is 5.43 Å². The van der Waals surface area contributed by atoms with Gasteiger partial charge in [0.25, 0.3) is 0 Å². The fourth-order valence-corrected chi connectivity index (χ4v) is 2.25. The molecule has 2 rings (SSSR count). The van der Waals surface area contributed by atoms with Gasteiger partial charge in [-0.15, -0.1) is 0 Å². The van der Waals surface area contributed by atoms with Crippen LogP contribution in [0.15, 0.2) is 18.2 Å². The molecule has 19 heavy (non-hydrogen) atoms. The Balaban J connectivity index is 1.88. The summed E-state index contributed by atoms with van der Waals surface area (Å²) < 4.78 is 10.4. The zero-order valence-electron chi connectivity index (χ0n) is 11.6. The Hall–Kier alpha value is -1.30. The zero-order chi connectivity index (χ0) is 13.7. The predicted octanol–water partition coefficient (Wildman–Crippen LogP) is 1.17. The molecule has 5 heteroatoms. The lowest BCUT2D eigenvalue weighted by molar-refractivity contribution is 0.00510. The van der Waals surface area contributed by atoms with Crippen molar-refractivity contribution in [2.45, 2.75) is 19.4 Å². The molecule has 1 aliphatic heterocycles. The first-order valence-electron chi connectivity index (χ1n) is 6.64. The van der Waals surface area contributed by atoms with E-state index in [1.165, 1.54) is 0 Å². The Kier molecular flexibility index (Phi) is 5.01. The first kappa shape index (κ1) is 14.1. The molecule has 2 N–H and O–H groups in total. The van der Waals surface area contributed by atoms with E-state index in [0.29, 0.717) is 11.8 Å². The molecule has 0 unspecified atom stereocenters. The largest absolute Gasteiger partial charge is 0.504 e.